The van der Waals surface area contributed by atoms with Crippen LogP contribution in [0.25, 0.3) is 0 Å². The Labute approximate surface area is 178 Å². The lowest BCUT2D eigenvalue weighted by atomic mass is 9.59. The van der Waals surface area contributed by atoms with Gasteiger partial charge in [-0.3, -0.25) is 24.5 Å². The van der Waals surface area contributed by atoms with Crippen molar-refractivity contribution in [1.82, 2.24) is 5.32 Å². The molecule has 1 saturated heterocycles. The highest BCUT2D eigenvalue weighted by molar-refractivity contribution is 6.23. The maximum atomic E-state index is 13.2. The van der Waals surface area contributed by atoms with Crippen LogP contribution in [0.4, 0.5) is 0 Å². The summed E-state index contributed by atoms with van der Waals surface area (Å²) in [6, 6.07) is 4.91. The van der Waals surface area contributed by atoms with Gasteiger partial charge in [0, 0.05) is 22.6 Å². The van der Waals surface area contributed by atoms with Crippen LogP contribution in [0.15, 0.2) is 52.6 Å². The summed E-state index contributed by atoms with van der Waals surface area (Å²) in [5, 5.41) is 12.8. The van der Waals surface area contributed by atoms with Gasteiger partial charge in [-0.25, -0.2) is 0 Å². The fourth-order valence-corrected chi connectivity index (χ4v) is 5.54. The summed E-state index contributed by atoms with van der Waals surface area (Å²) in [6.07, 6.45) is 3.92. The maximum Gasteiger partial charge on any atom is 0.231 e. The lowest BCUT2D eigenvalue weighted by Crippen LogP contribution is -2.39. The van der Waals surface area contributed by atoms with Gasteiger partial charge in [0.25, 0.3) is 0 Å². The van der Waals surface area contributed by atoms with Gasteiger partial charge in [0.1, 0.15) is 0 Å². The monoisotopic (exact) mass is 419 g/mol. The topological polar surface area (TPSA) is 110 Å². The van der Waals surface area contributed by atoms with Crippen molar-refractivity contribution in [3.8, 4) is 11.5 Å². The maximum absolute atomic E-state index is 13.2. The predicted molar refractivity (Wildman–Crippen MR) is 109 cm³/mol. The molecular formula is C24H21NO6. The second kappa shape index (κ2) is 6.77. The molecule has 0 saturated carbocycles. The molecule has 0 bridgehead atoms. The summed E-state index contributed by atoms with van der Waals surface area (Å²) in [5.41, 5.74) is 2.66. The highest BCUT2D eigenvalue weighted by atomic mass is 16.5. The summed E-state index contributed by atoms with van der Waals surface area (Å²) in [5.74, 6) is -2.79. The molecule has 1 aromatic rings. The van der Waals surface area contributed by atoms with E-state index < -0.39 is 17.8 Å². The van der Waals surface area contributed by atoms with Crippen molar-refractivity contribution in [2.75, 3.05) is 7.11 Å². The van der Waals surface area contributed by atoms with Crippen LogP contribution in [0.2, 0.25) is 0 Å². The quantitative estimate of drug-likeness (QED) is 0.432. The Balaban J connectivity index is 1.71. The first-order chi connectivity index (χ1) is 14.8. The van der Waals surface area contributed by atoms with E-state index in [1.54, 1.807) is 19.1 Å². The standard InChI is InChI=1S/C24H21NO6/c1-10-7-16(26)15-9-14-12(4-5-13-20(14)24(30)25-23(13)29)19(21(15)22(10)28)11-3-6-18(31-2)17(27)8-11/h3-4,6-8,13-14,19-20,27H,5,9H2,1-2H3,(H,25,29,30). The normalized spacial score (nSPS) is 29.6. The fraction of sp³-hybridized carbons (Fsp3) is 0.333. The molecule has 4 unspecified atom stereocenters. The third-order valence-corrected chi connectivity index (χ3v) is 6.94. The van der Waals surface area contributed by atoms with Crippen molar-refractivity contribution < 1.29 is 29.0 Å². The molecule has 7 heteroatoms. The summed E-state index contributed by atoms with van der Waals surface area (Å²) >= 11 is 0. The van der Waals surface area contributed by atoms with Crippen molar-refractivity contribution >= 4 is 23.4 Å². The van der Waals surface area contributed by atoms with Gasteiger partial charge in [-0.05, 0) is 49.5 Å². The molecule has 5 rings (SSSR count). The Kier molecular flexibility index (Phi) is 4.25. The number of phenols is 1. The van der Waals surface area contributed by atoms with E-state index in [4.69, 9.17) is 4.74 Å². The molecule has 2 N–H and O–H groups in total. The number of ether oxygens (including phenoxy) is 1. The van der Waals surface area contributed by atoms with E-state index in [-0.39, 0.29) is 41.5 Å². The van der Waals surface area contributed by atoms with Crippen molar-refractivity contribution in [2.24, 2.45) is 17.8 Å². The second-order valence-electron chi connectivity index (χ2n) is 8.51. The van der Waals surface area contributed by atoms with Crippen molar-refractivity contribution in [1.29, 1.82) is 0 Å². The Hall–Kier alpha value is -3.48. The molecule has 4 aliphatic rings. The number of imide groups is 1. The first-order valence-corrected chi connectivity index (χ1v) is 10.2. The van der Waals surface area contributed by atoms with E-state index in [0.717, 1.165) is 5.57 Å². The summed E-state index contributed by atoms with van der Waals surface area (Å²) in [6.45, 7) is 1.62. The molecule has 1 heterocycles. The number of amides is 2. The van der Waals surface area contributed by atoms with Crippen LogP contribution < -0.4 is 10.1 Å². The molecule has 7 nitrogen and oxygen atoms in total. The number of hydrogen-bond acceptors (Lipinski definition) is 6. The number of benzene rings is 1. The van der Waals surface area contributed by atoms with Gasteiger partial charge in [-0.2, -0.15) is 0 Å². The number of carbonyl (C=O) groups excluding carboxylic acids is 4. The van der Waals surface area contributed by atoms with Crippen LogP contribution in [-0.2, 0) is 19.2 Å². The summed E-state index contributed by atoms with van der Waals surface area (Å²) in [4.78, 5) is 51.0. The van der Waals surface area contributed by atoms with Crippen molar-refractivity contribution in [3.63, 3.8) is 0 Å². The Morgan fingerprint density at radius 1 is 1.10 bits per heavy atom. The number of rotatable bonds is 2. The average molecular weight is 419 g/mol. The number of Topliss-reactive ketones (excluding diaryl/α,β-unsaturated/α-hetero) is 1. The molecule has 3 aliphatic carbocycles. The molecule has 158 valence electrons. The SMILES string of the molecule is COc1ccc(C2C3=CCC4C(=O)NC(=O)C4C3CC3=C2C(=O)C(C)=CC3=O)cc1O. The van der Waals surface area contributed by atoms with Crippen LogP contribution in [0, 0.1) is 17.8 Å². The van der Waals surface area contributed by atoms with Gasteiger partial charge in [0.05, 0.1) is 18.9 Å². The highest BCUT2D eigenvalue weighted by Crippen LogP contribution is 2.54. The van der Waals surface area contributed by atoms with E-state index >= 15 is 0 Å². The number of ketones is 2. The molecule has 1 aromatic carbocycles. The van der Waals surface area contributed by atoms with Crippen LogP contribution in [-0.4, -0.2) is 35.6 Å². The van der Waals surface area contributed by atoms with Gasteiger partial charge in [-0.1, -0.05) is 17.7 Å². The fourth-order valence-electron chi connectivity index (χ4n) is 5.54. The summed E-state index contributed by atoms with van der Waals surface area (Å²) in [7, 11) is 1.45. The average Bonchev–Trinajstić information content (AvgIpc) is 3.04. The lowest BCUT2D eigenvalue weighted by Gasteiger charge is -2.42. The molecule has 31 heavy (non-hydrogen) atoms. The Bertz CT molecular complexity index is 1170. The summed E-state index contributed by atoms with van der Waals surface area (Å²) < 4.78 is 5.14. The van der Waals surface area contributed by atoms with Gasteiger partial charge in [0.2, 0.25) is 11.8 Å². The van der Waals surface area contributed by atoms with Gasteiger partial charge in [-0.15, -0.1) is 0 Å². The minimum atomic E-state index is -0.574. The van der Waals surface area contributed by atoms with Crippen LogP contribution >= 0.6 is 0 Å². The van der Waals surface area contributed by atoms with Crippen LogP contribution in [0.3, 0.4) is 0 Å². The molecular weight excluding hydrogens is 398 g/mol. The first kappa shape index (κ1) is 19.5. The van der Waals surface area contributed by atoms with Gasteiger partial charge < -0.3 is 9.84 Å². The minimum Gasteiger partial charge on any atom is -0.504 e. The largest absolute Gasteiger partial charge is 0.504 e. The van der Waals surface area contributed by atoms with E-state index in [2.05, 4.69) is 5.32 Å². The highest BCUT2D eigenvalue weighted by Gasteiger charge is 2.53. The van der Waals surface area contributed by atoms with Gasteiger partial charge >= 0.3 is 0 Å². The number of allylic oxidation sites excluding steroid dienone is 6. The molecule has 4 atom stereocenters. The van der Waals surface area contributed by atoms with E-state index in [0.29, 0.717) is 34.5 Å². The van der Waals surface area contributed by atoms with E-state index in [1.165, 1.54) is 19.3 Å². The lowest BCUT2D eigenvalue weighted by molar-refractivity contribution is -0.126. The molecule has 0 spiro atoms. The van der Waals surface area contributed by atoms with Crippen molar-refractivity contribution in [3.05, 3.63) is 58.2 Å². The number of carbonyl (C=O) groups is 4. The molecule has 2 amide bonds. The molecule has 1 aliphatic heterocycles. The van der Waals surface area contributed by atoms with Crippen molar-refractivity contribution in [2.45, 2.75) is 25.7 Å². The van der Waals surface area contributed by atoms with E-state index in [1.807, 2.05) is 6.08 Å². The number of fused-ring (bicyclic) bond motifs is 3. The first-order valence-electron chi connectivity index (χ1n) is 10.2. The number of hydrogen-bond donors (Lipinski definition) is 2. The zero-order valence-electron chi connectivity index (χ0n) is 17.1. The minimum absolute atomic E-state index is 0.0748. The molecule has 0 radical (unpaired) electrons. The van der Waals surface area contributed by atoms with Crippen LogP contribution in [0.1, 0.15) is 31.2 Å². The van der Waals surface area contributed by atoms with E-state index in [9.17, 15) is 24.3 Å². The number of phenolic OH excluding ortho intramolecular Hbond substituents is 1. The zero-order valence-corrected chi connectivity index (χ0v) is 17.1. The molecule has 1 fully saturated rings. The van der Waals surface area contributed by atoms with Gasteiger partial charge in [0.15, 0.2) is 23.1 Å². The Morgan fingerprint density at radius 2 is 1.87 bits per heavy atom. The van der Waals surface area contributed by atoms with Crippen LogP contribution in [0.5, 0.6) is 11.5 Å². The number of nitrogens with one attached hydrogen (secondary N) is 1. The zero-order chi connectivity index (χ0) is 22.0. The molecule has 0 aromatic heterocycles. The third kappa shape index (κ3) is 2.72. The Morgan fingerprint density at radius 3 is 2.58 bits per heavy atom. The number of aromatic hydroxyl groups is 1. The predicted octanol–water partition coefficient (Wildman–Crippen LogP) is 2.12. The third-order valence-electron chi connectivity index (χ3n) is 6.94. The number of methoxy groups -OCH3 is 1. The second-order valence-corrected chi connectivity index (χ2v) is 8.51. The smallest absolute Gasteiger partial charge is 0.231 e.